The molecule has 1 fully saturated rings. The number of hydrogen-bond acceptors (Lipinski definition) is 3. The molecule has 0 radical (unpaired) electrons. The summed E-state index contributed by atoms with van der Waals surface area (Å²) in [6.07, 6.45) is 3.91. The summed E-state index contributed by atoms with van der Waals surface area (Å²) in [6, 6.07) is 5.87. The van der Waals surface area contributed by atoms with E-state index in [4.69, 9.17) is 5.26 Å². The Morgan fingerprint density at radius 1 is 1.57 bits per heavy atom. The minimum Gasteiger partial charge on any atom is -0.316 e. The highest BCUT2D eigenvalue weighted by Gasteiger charge is 2.15. The molecular weight excluding hydrogens is 174 g/mol. The quantitative estimate of drug-likeness (QED) is 0.754. The second kappa shape index (κ2) is 4.21. The highest BCUT2D eigenvalue weighted by atomic mass is 14.9. The fourth-order valence-corrected chi connectivity index (χ4v) is 1.80. The van der Waals surface area contributed by atoms with Gasteiger partial charge in [-0.3, -0.25) is 4.98 Å². The Hall–Kier alpha value is -1.40. The number of nitrogens with one attached hydrogen (secondary N) is 1. The van der Waals surface area contributed by atoms with Gasteiger partial charge in [0.05, 0.1) is 5.56 Å². The minimum atomic E-state index is 0.637. The van der Waals surface area contributed by atoms with E-state index < -0.39 is 0 Å². The number of nitriles is 1. The van der Waals surface area contributed by atoms with Crippen LogP contribution in [-0.2, 0) is 6.42 Å². The van der Waals surface area contributed by atoms with Crippen LogP contribution in [0.4, 0.5) is 0 Å². The van der Waals surface area contributed by atoms with Crippen LogP contribution < -0.4 is 5.32 Å². The normalized spacial score (nSPS) is 20.6. The standard InChI is InChI=1S/C11H13N3/c12-6-10-1-2-11(14-8-10)5-9-3-4-13-7-9/h1-2,8-9,13H,3-5,7H2. The van der Waals surface area contributed by atoms with Crippen LogP contribution in [0.3, 0.4) is 0 Å². The number of hydrogen-bond donors (Lipinski definition) is 1. The SMILES string of the molecule is N#Cc1ccc(CC2CCNC2)nc1. The van der Waals surface area contributed by atoms with Crippen molar-refractivity contribution < 1.29 is 0 Å². The lowest BCUT2D eigenvalue weighted by molar-refractivity contribution is 0.572. The summed E-state index contributed by atoms with van der Waals surface area (Å²) < 4.78 is 0. The largest absolute Gasteiger partial charge is 0.316 e. The molecular formula is C11H13N3. The maximum absolute atomic E-state index is 8.61. The number of pyridine rings is 1. The fourth-order valence-electron chi connectivity index (χ4n) is 1.80. The van der Waals surface area contributed by atoms with Crippen molar-refractivity contribution in [1.29, 1.82) is 5.26 Å². The van der Waals surface area contributed by atoms with Crippen LogP contribution in [0.1, 0.15) is 17.7 Å². The molecule has 0 aliphatic carbocycles. The van der Waals surface area contributed by atoms with Gasteiger partial charge in [-0.15, -0.1) is 0 Å². The van der Waals surface area contributed by atoms with Gasteiger partial charge < -0.3 is 5.32 Å². The Kier molecular flexibility index (Phi) is 2.76. The maximum Gasteiger partial charge on any atom is 0.101 e. The van der Waals surface area contributed by atoms with Crippen LogP contribution >= 0.6 is 0 Å². The molecule has 1 aliphatic rings. The van der Waals surface area contributed by atoms with Crippen molar-refractivity contribution in [3.8, 4) is 6.07 Å². The van der Waals surface area contributed by atoms with Crippen LogP contribution in [0, 0.1) is 17.2 Å². The molecule has 1 atom stereocenters. The Bertz CT molecular complexity index is 331. The highest BCUT2D eigenvalue weighted by molar-refractivity contribution is 5.26. The molecule has 1 saturated heterocycles. The molecule has 0 saturated carbocycles. The molecule has 3 heteroatoms. The average Bonchev–Trinajstić information content (AvgIpc) is 2.72. The topological polar surface area (TPSA) is 48.7 Å². The fraction of sp³-hybridized carbons (Fsp3) is 0.455. The summed E-state index contributed by atoms with van der Waals surface area (Å²) in [7, 11) is 0. The lowest BCUT2D eigenvalue weighted by atomic mass is 10.0. The molecule has 72 valence electrons. The second-order valence-corrected chi connectivity index (χ2v) is 3.71. The predicted octanol–water partition coefficient (Wildman–Crippen LogP) is 1.11. The number of nitrogens with zero attached hydrogens (tertiary/aromatic N) is 2. The Morgan fingerprint density at radius 3 is 3.07 bits per heavy atom. The van der Waals surface area contributed by atoms with Gasteiger partial charge in [0.25, 0.3) is 0 Å². The molecule has 0 bridgehead atoms. The molecule has 1 N–H and O–H groups in total. The van der Waals surface area contributed by atoms with E-state index in [2.05, 4.69) is 16.4 Å². The van der Waals surface area contributed by atoms with Gasteiger partial charge in [0, 0.05) is 11.9 Å². The monoisotopic (exact) mass is 187 g/mol. The number of rotatable bonds is 2. The molecule has 3 nitrogen and oxygen atoms in total. The zero-order valence-corrected chi connectivity index (χ0v) is 8.03. The van der Waals surface area contributed by atoms with Crippen molar-refractivity contribution in [2.45, 2.75) is 12.8 Å². The zero-order valence-electron chi connectivity index (χ0n) is 8.03. The van der Waals surface area contributed by atoms with Gasteiger partial charge in [0.15, 0.2) is 0 Å². The van der Waals surface area contributed by atoms with Gasteiger partial charge in [-0.05, 0) is 44.0 Å². The molecule has 0 aromatic carbocycles. The lowest BCUT2D eigenvalue weighted by Gasteiger charge is -2.06. The third-order valence-electron chi connectivity index (χ3n) is 2.61. The van der Waals surface area contributed by atoms with E-state index in [1.807, 2.05) is 12.1 Å². The first-order valence-electron chi connectivity index (χ1n) is 4.94. The molecule has 0 spiro atoms. The summed E-state index contributed by atoms with van der Waals surface area (Å²) in [6.45, 7) is 2.22. The smallest absolute Gasteiger partial charge is 0.101 e. The Morgan fingerprint density at radius 2 is 2.50 bits per heavy atom. The lowest BCUT2D eigenvalue weighted by Crippen LogP contribution is -2.11. The first-order chi connectivity index (χ1) is 6.88. The van der Waals surface area contributed by atoms with E-state index in [1.165, 1.54) is 6.42 Å². The molecule has 2 rings (SSSR count). The predicted molar refractivity (Wildman–Crippen MR) is 53.6 cm³/mol. The first-order valence-corrected chi connectivity index (χ1v) is 4.94. The van der Waals surface area contributed by atoms with Gasteiger partial charge in [0.1, 0.15) is 6.07 Å². The van der Waals surface area contributed by atoms with Crippen LogP contribution in [0.15, 0.2) is 18.3 Å². The maximum atomic E-state index is 8.61. The van der Waals surface area contributed by atoms with Crippen LogP contribution in [-0.4, -0.2) is 18.1 Å². The molecule has 1 aromatic rings. The van der Waals surface area contributed by atoms with Crippen LogP contribution in [0.25, 0.3) is 0 Å². The number of aromatic nitrogens is 1. The van der Waals surface area contributed by atoms with Gasteiger partial charge in [-0.1, -0.05) is 0 Å². The highest BCUT2D eigenvalue weighted by Crippen LogP contribution is 2.13. The first kappa shape index (κ1) is 9.17. The average molecular weight is 187 g/mol. The van der Waals surface area contributed by atoms with Crippen molar-refractivity contribution in [3.05, 3.63) is 29.6 Å². The van der Waals surface area contributed by atoms with Gasteiger partial charge in [-0.2, -0.15) is 5.26 Å². The van der Waals surface area contributed by atoms with Gasteiger partial charge >= 0.3 is 0 Å². The van der Waals surface area contributed by atoms with Gasteiger partial charge in [-0.25, -0.2) is 0 Å². The van der Waals surface area contributed by atoms with E-state index in [1.54, 1.807) is 6.20 Å². The molecule has 0 amide bonds. The molecule has 1 unspecified atom stereocenters. The summed E-state index contributed by atoms with van der Waals surface area (Å²) >= 11 is 0. The van der Waals surface area contributed by atoms with Crippen LogP contribution in [0.5, 0.6) is 0 Å². The summed E-state index contributed by atoms with van der Waals surface area (Å²) in [4.78, 5) is 4.26. The Labute approximate surface area is 83.8 Å². The molecule has 2 heterocycles. The summed E-state index contributed by atoms with van der Waals surface area (Å²) in [5.41, 5.74) is 1.73. The minimum absolute atomic E-state index is 0.637. The second-order valence-electron chi connectivity index (χ2n) is 3.71. The summed E-state index contributed by atoms with van der Waals surface area (Å²) in [5, 5.41) is 11.9. The van der Waals surface area contributed by atoms with E-state index >= 15 is 0 Å². The van der Waals surface area contributed by atoms with E-state index in [9.17, 15) is 0 Å². The molecule has 14 heavy (non-hydrogen) atoms. The van der Waals surface area contributed by atoms with Crippen LogP contribution in [0.2, 0.25) is 0 Å². The third-order valence-corrected chi connectivity index (χ3v) is 2.61. The van der Waals surface area contributed by atoms with E-state index in [-0.39, 0.29) is 0 Å². The van der Waals surface area contributed by atoms with Crippen molar-refractivity contribution in [1.82, 2.24) is 10.3 Å². The molecule has 1 aliphatic heterocycles. The third kappa shape index (κ3) is 2.09. The summed E-state index contributed by atoms with van der Waals surface area (Å²) in [5.74, 6) is 0.718. The molecule has 1 aromatic heterocycles. The van der Waals surface area contributed by atoms with Gasteiger partial charge in [0.2, 0.25) is 0 Å². The van der Waals surface area contributed by atoms with E-state index in [0.29, 0.717) is 5.56 Å². The van der Waals surface area contributed by atoms with Crippen molar-refractivity contribution in [2.24, 2.45) is 5.92 Å². The van der Waals surface area contributed by atoms with Crippen molar-refractivity contribution in [3.63, 3.8) is 0 Å². The van der Waals surface area contributed by atoms with Crippen molar-refractivity contribution in [2.75, 3.05) is 13.1 Å². The van der Waals surface area contributed by atoms with Crippen molar-refractivity contribution >= 4 is 0 Å². The zero-order chi connectivity index (χ0) is 9.80. The van der Waals surface area contributed by atoms with E-state index in [0.717, 1.165) is 31.1 Å². The Balaban J connectivity index is 1.99.